The number of aromatic nitrogens is 1. The fourth-order valence-corrected chi connectivity index (χ4v) is 5.33. The molecule has 0 bridgehead atoms. The molecule has 0 saturated heterocycles. The summed E-state index contributed by atoms with van der Waals surface area (Å²) in [6, 6.07) is 2.76. The summed E-state index contributed by atoms with van der Waals surface area (Å²) in [6.07, 6.45) is 0.995. The standard InChI is InChI=1S/C14H18Br2N2S2/c1-5-10-8(4)19-14(18-10)12(17-7(2)3)11-6-9(15)13(16)20-11/h6-7,12,17H,5H2,1-4H3. The molecule has 1 atom stereocenters. The first-order valence-electron chi connectivity index (χ1n) is 6.59. The predicted molar refractivity (Wildman–Crippen MR) is 96.1 cm³/mol. The van der Waals surface area contributed by atoms with E-state index in [0.29, 0.717) is 6.04 Å². The van der Waals surface area contributed by atoms with Crippen molar-refractivity contribution in [2.45, 2.75) is 46.2 Å². The highest BCUT2D eigenvalue weighted by atomic mass is 79.9. The highest BCUT2D eigenvalue weighted by Crippen LogP contribution is 2.39. The number of halogens is 2. The largest absolute Gasteiger partial charge is 0.301 e. The molecule has 1 N–H and O–H groups in total. The van der Waals surface area contributed by atoms with Gasteiger partial charge in [-0.2, -0.15) is 0 Å². The Hall–Kier alpha value is 0.250. The quantitative estimate of drug-likeness (QED) is 0.649. The van der Waals surface area contributed by atoms with Gasteiger partial charge in [0, 0.05) is 20.3 Å². The van der Waals surface area contributed by atoms with Crippen LogP contribution in [0.3, 0.4) is 0 Å². The molecular weight excluding hydrogens is 420 g/mol. The number of hydrogen-bond acceptors (Lipinski definition) is 4. The minimum Gasteiger partial charge on any atom is -0.301 e. The number of aryl methyl sites for hydroxylation is 2. The number of thiophene rings is 1. The predicted octanol–water partition coefficient (Wildman–Crippen LogP) is 5.69. The lowest BCUT2D eigenvalue weighted by Gasteiger charge is -2.18. The maximum absolute atomic E-state index is 4.83. The molecule has 2 nitrogen and oxygen atoms in total. The van der Waals surface area contributed by atoms with E-state index in [0.717, 1.165) is 19.7 Å². The van der Waals surface area contributed by atoms with Gasteiger partial charge in [-0.15, -0.1) is 22.7 Å². The molecule has 2 heterocycles. The Bertz CT molecular complexity index is 571. The van der Waals surface area contributed by atoms with Crippen molar-refractivity contribution in [3.05, 3.63) is 34.8 Å². The molecule has 1 unspecified atom stereocenters. The van der Waals surface area contributed by atoms with Crippen LogP contribution in [0.1, 0.15) is 47.3 Å². The smallest absolute Gasteiger partial charge is 0.115 e. The van der Waals surface area contributed by atoms with Crippen molar-refractivity contribution in [3.63, 3.8) is 0 Å². The van der Waals surface area contributed by atoms with E-state index in [1.807, 2.05) is 0 Å². The van der Waals surface area contributed by atoms with Crippen LogP contribution in [0.5, 0.6) is 0 Å². The van der Waals surface area contributed by atoms with Gasteiger partial charge in [0.25, 0.3) is 0 Å². The summed E-state index contributed by atoms with van der Waals surface area (Å²) in [5, 5.41) is 4.80. The summed E-state index contributed by atoms with van der Waals surface area (Å²) in [4.78, 5) is 7.44. The van der Waals surface area contributed by atoms with Crippen molar-refractivity contribution in [1.29, 1.82) is 0 Å². The van der Waals surface area contributed by atoms with Crippen LogP contribution >= 0.6 is 54.5 Å². The summed E-state index contributed by atoms with van der Waals surface area (Å²) in [6.45, 7) is 8.67. The van der Waals surface area contributed by atoms with Crippen LogP contribution in [-0.2, 0) is 6.42 Å². The van der Waals surface area contributed by atoms with Gasteiger partial charge >= 0.3 is 0 Å². The lowest BCUT2D eigenvalue weighted by atomic mass is 10.2. The van der Waals surface area contributed by atoms with E-state index in [1.165, 1.54) is 15.4 Å². The Balaban J connectivity index is 2.40. The average molecular weight is 438 g/mol. The van der Waals surface area contributed by atoms with Gasteiger partial charge in [-0.1, -0.05) is 6.92 Å². The number of nitrogens with one attached hydrogen (secondary N) is 1. The summed E-state index contributed by atoms with van der Waals surface area (Å²) in [5.74, 6) is 0. The molecule has 0 spiro atoms. The van der Waals surface area contributed by atoms with Crippen LogP contribution < -0.4 is 5.32 Å². The molecule has 20 heavy (non-hydrogen) atoms. The van der Waals surface area contributed by atoms with Gasteiger partial charge in [0.1, 0.15) is 5.01 Å². The van der Waals surface area contributed by atoms with Gasteiger partial charge in [0.05, 0.1) is 15.5 Å². The average Bonchev–Trinajstić information content (AvgIpc) is 2.90. The van der Waals surface area contributed by atoms with E-state index >= 15 is 0 Å². The van der Waals surface area contributed by atoms with Crippen molar-refractivity contribution in [2.75, 3.05) is 0 Å². The molecule has 0 radical (unpaired) electrons. The van der Waals surface area contributed by atoms with Crippen LogP contribution in [0, 0.1) is 6.92 Å². The SMILES string of the molecule is CCc1nc(C(NC(C)C)c2cc(Br)c(Br)s2)sc1C. The zero-order valence-electron chi connectivity index (χ0n) is 12.0. The molecular formula is C14H18Br2N2S2. The third-order valence-electron chi connectivity index (χ3n) is 2.94. The van der Waals surface area contributed by atoms with Crippen LogP contribution in [0.25, 0.3) is 0 Å². The molecule has 0 saturated carbocycles. The third kappa shape index (κ3) is 3.71. The molecule has 2 aromatic rings. The van der Waals surface area contributed by atoms with E-state index < -0.39 is 0 Å². The molecule has 6 heteroatoms. The molecule has 110 valence electrons. The Labute approximate surface area is 145 Å². The third-order valence-corrected chi connectivity index (χ3v) is 7.34. The van der Waals surface area contributed by atoms with Crippen LogP contribution in [0.4, 0.5) is 0 Å². The topological polar surface area (TPSA) is 24.9 Å². The first-order valence-corrected chi connectivity index (χ1v) is 9.81. The summed E-state index contributed by atoms with van der Waals surface area (Å²) < 4.78 is 2.24. The van der Waals surface area contributed by atoms with Crippen LogP contribution in [0.2, 0.25) is 0 Å². The monoisotopic (exact) mass is 436 g/mol. The second-order valence-corrected chi connectivity index (χ2v) is 9.42. The van der Waals surface area contributed by atoms with E-state index in [1.54, 1.807) is 22.7 Å². The maximum Gasteiger partial charge on any atom is 0.115 e. The maximum atomic E-state index is 4.83. The molecule has 0 amide bonds. The van der Waals surface area contributed by atoms with Crippen molar-refractivity contribution in [1.82, 2.24) is 10.3 Å². The first kappa shape index (κ1) is 16.6. The van der Waals surface area contributed by atoms with E-state index in [4.69, 9.17) is 4.98 Å². The van der Waals surface area contributed by atoms with Crippen LogP contribution in [-0.4, -0.2) is 11.0 Å². The summed E-state index contributed by atoms with van der Waals surface area (Å²) in [5.41, 5.74) is 1.22. The second kappa shape index (κ2) is 7.01. The molecule has 2 rings (SSSR count). The fourth-order valence-electron chi connectivity index (χ4n) is 2.02. The van der Waals surface area contributed by atoms with Crippen LogP contribution in [0.15, 0.2) is 14.3 Å². The Morgan fingerprint density at radius 1 is 1.30 bits per heavy atom. The molecule has 0 fully saturated rings. The van der Waals surface area contributed by atoms with E-state index in [-0.39, 0.29) is 6.04 Å². The van der Waals surface area contributed by atoms with E-state index in [9.17, 15) is 0 Å². The Morgan fingerprint density at radius 3 is 2.45 bits per heavy atom. The van der Waals surface area contributed by atoms with Crippen molar-refractivity contribution >= 4 is 54.5 Å². The number of rotatable bonds is 5. The van der Waals surface area contributed by atoms with Gasteiger partial charge < -0.3 is 5.32 Å². The molecule has 2 aromatic heterocycles. The van der Waals surface area contributed by atoms with Gasteiger partial charge in [0.15, 0.2) is 0 Å². The zero-order valence-corrected chi connectivity index (χ0v) is 16.8. The molecule has 0 aromatic carbocycles. The number of nitrogens with zero attached hydrogens (tertiary/aromatic N) is 1. The van der Waals surface area contributed by atoms with Gasteiger partial charge in [0.2, 0.25) is 0 Å². The lowest BCUT2D eigenvalue weighted by molar-refractivity contribution is 0.531. The highest BCUT2D eigenvalue weighted by molar-refractivity contribution is 9.13. The van der Waals surface area contributed by atoms with E-state index in [2.05, 4.69) is 70.9 Å². The summed E-state index contributed by atoms with van der Waals surface area (Å²) >= 11 is 10.7. The summed E-state index contributed by atoms with van der Waals surface area (Å²) in [7, 11) is 0. The minimum absolute atomic E-state index is 0.173. The Kier molecular flexibility index (Phi) is 5.82. The molecule has 0 aliphatic carbocycles. The molecule has 0 aliphatic rings. The normalized spacial score (nSPS) is 13.2. The lowest BCUT2D eigenvalue weighted by Crippen LogP contribution is -2.28. The van der Waals surface area contributed by atoms with Crippen molar-refractivity contribution < 1.29 is 0 Å². The number of hydrogen-bond donors (Lipinski definition) is 1. The Morgan fingerprint density at radius 2 is 2.00 bits per heavy atom. The first-order chi connectivity index (χ1) is 9.42. The fraction of sp³-hybridized carbons (Fsp3) is 0.500. The molecule has 0 aliphatic heterocycles. The number of thiazole rings is 1. The van der Waals surface area contributed by atoms with Crippen molar-refractivity contribution in [2.24, 2.45) is 0 Å². The minimum atomic E-state index is 0.173. The van der Waals surface area contributed by atoms with Gasteiger partial charge in [-0.05, 0) is 65.1 Å². The van der Waals surface area contributed by atoms with Gasteiger partial charge in [-0.25, -0.2) is 4.98 Å². The highest BCUT2D eigenvalue weighted by Gasteiger charge is 2.22. The zero-order chi connectivity index (χ0) is 14.9. The van der Waals surface area contributed by atoms with Crippen molar-refractivity contribution in [3.8, 4) is 0 Å². The second-order valence-electron chi connectivity index (χ2n) is 4.93. The van der Waals surface area contributed by atoms with Gasteiger partial charge in [-0.3, -0.25) is 0 Å².